The fraction of sp³-hybridized carbons (Fsp3) is 0.250. The quantitative estimate of drug-likeness (QED) is 0.853. The van der Waals surface area contributed by atoms with Crippen molar-refractivity contribution in [1.29, 1.82) is 0 Å². The van der Waals surface area contributed by atoms with Crippen LogP contribution in [0.15, 0.2) is 24.4 Å². The van der Waals surface area contributed by atoms with Crippen LogP contribution in [0.25, 0.3) is 0 Å². The lowest BCUT2D eigenvalue weighted by atomic mass is 10.1. The largest absolute Gasteiger partial charge is 0.443 e. The van der Waals surface area contributed by atoms with Gasteiger partial charge in [0.2, 0.25) is 0 Å². The molecule has 1 unspecified atom stereocenters. The average Bonchev–Trinajstić information content (AvgIpc) is 2.84. The summed E-state index contributed by atoms with van der Waals surface area (Å²) < 4.78 is 50.8. The lowest BCUT2D eigenvalue weighted by Crippen LogP contribution is -2.16. The fourth-order valence-corrected chi connectivity index (χ4v) is 2.83. The van der Waals surface area contributed by atoms with Crippen molar-refractivity contribution >= 4 is 22.9 Å². The Hall–Kier alpha value is -1.18. The lowest BCUT2D eigenvalue weighted by Gasteiger charge is -2.15. The molecule has 0 spiro atoms. The summed E-state index contributed by atoms with van der Waals surface area (Å²) >= 11 is 6.23. The third-order valence-corrected chi connectivity index (χ3v) is 4.01. The minimum absolute atomic E-state index is 0.0803. The second kappa shape index (κ2) is 5.67. The minimum atomic E-state index is -4.47. The summed E-state index contributed by atoms with van der Waals surface area (Å²) in [6.07, 6.45) is -3.31. The molecule has 2 aromatic rings. The summed E-state index contributed by atoms with van der Waals surface area (Å²) in [4.78, 5) is 3.75. The molecule has 1 atom stereocenters. The maximum atomic E-state index is 13.1. The molecule has 0 saturated heterocycles. The maximum absolute atomic E-state index is 13.1. The predicted octanol–water partition coefficient (Wildman–Crippen LogP) is 4.26. The molecule has 1 aromatic heterocycles. The molecule has 0 amide bonds. The molecule has 0 saturated carbocycles. The number of hydrogen-bond donors (Lipinski definition) is 1. The summed E-state index contributed by atoms with van der Waals surface area (Å²) in [5.41, 5.74) is 0.566. The van der Waals surface area contributed by atoms with E-state index in [-0.39, 0.29) is 5.02 Å². The van der Waals surface area contributed by atoms with Crippen LogP contribution in [0, 0.1) is 5.82 Å². The monoisotopic (exact) mass is 324 g/mol. The molecule has 108 valence electrons. The molecule has 0 aliphatic heterocycles. The number of alkyl halides is 3. The van der Waals surface area contributed by atoms with Crippen molar-refractivity contribution in [3.63, 3.8) is 0 Å². The van der Waals surface area contributed by atoms with E-state index in [1.165, 1.54) is 18.2 Å². The number of benzene rings is 1. The molecule has 0 aliphatic carbocycles. The summed E-state index contributed by atoms with van der Waals surface area (Å²) in [6, 6.07) is 3.50. The van der Waals surface area contributed by atoms with Gasteiger partial charge in [-0.15, -0.1) is 11.3 Å². The van der Waals surface area contributed by atoms with Gasteiger partial charge >= 0.3 is 6.18 Å². The van der Waals surface area contributed by atoms with E-state index >= 15 is 0 Å². The van der Waals surface area contributed by atoms with Crippen molar-refractivity contribution in [3.05, 3.63) is 50.7 Å². The number of aromatic nitrogens is 1. The second-order valence-corrected chi connectivity index (χ2v) is 5.43. The minimum Gasteiger partial charge on any atom is -0.309 e. The highest BCUT2D eigenvalue weighted by atomic mass is 35.5. The summed E-state index contributed by atoms with van der Waals surface area (Å²) in [5, 5.41) is 1.87. The van der Waals surface area contributed by atoms with Gasteiger partial charge < -0.3 is 5.32 Å². The fourth-order valence-electron chi connectivity index (χ4n) is 1.72. The third kappa shape index (κ3) is 3.11. The molecule has 2 rings (SSSR count). The van der Waals surface area contributed by atoms with E-state index in [0.717, 1.165) is 6.20 Å². The standard InChI is InChI=1S/C12H9ClF4N2S/c1-18-10(6-2-3-8(14)7(13)4-6)9-5-19-11(20-9)12(15,16)17/h2-5,10,18H,1H3. The van der Waals surface area contributed by atoms with E-state index in [1.54, 1.807) is 7.05 Å². The van der Waals surface area contributed by atoms with Gasteiger partial charge in [0.05, 0.1) is 11.1 Å². The van der Waals surface area contributed by atoms with Crippen molar-refractivity contribution < 1.29 is 17.6 Å². The smallest absolute Gasteiger partial charge is 0.309 e. The Kier molecular flexibility index (Phi) is 4.31. The first-order valence-electron chi connectivity index (χ1n) is 5.48. The Morgan fingerprint density at radius 1 is 1.35 bits per heavy atom. The Morgan fingerprint density at radius 3 is 2.55 bits per heavy atom. The van der Waals surface area contributed by atoms with Gasteiger partial charge in [-0.1, -0.05) is 17.7 Å². The average molecular weight is 325 g/mol. The molecule has 0 bridgehead atoms. The topological polar surface area (TPSA) is 24.9 Å². The Bertz CT molecular complexity index is 612. The molecule has 0 aliphatic rings. The van der Waals surface area contributed by atoms with Crippen molar-refractivity contribution in [1.82, 2.24) is 10.3 Å². The number of hydrogen-bond acceptors (Lipinski definition) is 3. The molecule has 8 heteroatoms. The summed E-state index contributed by atoms with van der Waals surface area (Å²) in [5.74, 6) is -0.578. The third-order valence-electron chi connectivity index (χ3n) is 2.62. The zero-order valence-corrected chi connectivity index (χ0v) is 11.7. The molecule has 1 heterocycles. The maximum Gasteiger partial charge on any atom is 0.443 e. The van der Waals surface area contributed by atoms with Crippen LogP contribution in [-0.4, -0.2) is 12.0 Å². The number of nitrogens with zero attached hydrogens (tertiary/aromatic N) is 1. The molecule has 2 nitrogen and oxygen atoms in total. The van der Waals surface area contributed by atoms with Crippen LogP contribution in [0.5, 0.6) is 0 Å². The zero-order valence-electron chi connectivity index (χ0n) is 10.1. The molecule has 1 N–H and O–H groups in total. The number of thiazole rings is 1. The van der Waals surface area contributed by atoms with Gasteiger partial charge in [-0.25, -0.2) is 9.37 Å². The highest BCUT2D eigenvalue weighted by Gasteiger charge is 2.35. The summed E-state index contributed by atoms with van der Waals surface area (Å²) in [7, 11) is 1.59. The molecule has 0 radical (unpaired) electrons. The highest BCUT2D eigenvalue weighted by molar-refractivity contribution is 7.11. The highest BCUT2D eigenvalue weighted by Crippen LogP contribution is 2.36. The SMILES string of the molecule is CNC(c1ccc(F)c(Cl)c1)c1cnc(C(F)(F)F)s1. The van der Waals surface area contributed by atoms with Crippen LogP contribution >= 0.6 is 22.9 Å². The normalized spacial score (nSPS) is 13.5. The van der Waals surface area contributed by atoms with Crippen molar-refractivity contribution in [3.8, 4) is 0 Å². The van der Waals surface area contributed by atoms with Gasteiger partial charge in [0.15, 0.2) is 5.01 Å². The van der Waals surface area contributed by atoms with Gasteiger partial charge in [0.25, 0.3) is 0 Å². The molecular weight excluding hydrogens is 316 g/mol. The van der Waals surface area contributed by atoms with Gasteiger partial charge in [-0.2, -0.15) is 13.2 Å². The lowest BCUT2D eigenvalue weighted by molar-refractivity contribution is -0.137. The number of halogens is 5. The van der Waals surface area contributed by atoms with Crippen LogP contribution in [0.4, 0.5) is 17.6 Å². The number of rotatable bonds is 3. The predicted molar refractivity (Wildman–Crippen MR) is 69.4 cm³/mol. The van der Waals surface area contributed by atoms with E-state index in [4.69, 9.17) is 11.6 Å². The van der Waals surface area contributed by atoms with Gasteiger partial charge in [0, 0.05) is 11.1 Å². The molecular formula is C12H9ClF4N2S. The zero-order chi connectivity index (χ0) is 14.9. The van der Waals surface area contributed by atoms with Crippen LogP contribution in [0.2, 0.25) is 5.02 Å². The first-order chi connectivity index (χ1) is 9.32. The van der Waals surface area contributed by atoms with Crippen molar-refractivity contribution in [2.24, 2.45) is 0 Å². The number of nitrogens with one attached hydrogen (secondary N) is 1. The first kappa shape index (κ1) is 15.2. The van der Waals surface area contributed by atoms with E-state index < -0.39 is 23.0 Å². The summed E-state index contributed by atoms with van der Waals surface area (Å²) in [6.45, 7) is 0. The van der Waals surface area contributed by atoms with E-state index in [2.05, 4.69) is 10.3 Å². The van der Waals surface area contributed by atoms with Crippen LogP contribution in [0.3, 0.4) is 0 Å². The van der Waals surface area contributed by atoms with Crippen LogP contribution < -0.4 is 5.32 Å². The van der Waals surface area contributed by atoms with Gasteiger partial charge in [-0.3, -0.25) is 0 Å². The Morgan fingerprint density at radius 2 is 2.05 bits per heavy atom. The van der Waals surface area contributed by atoms with E-state index in [0.29, 0.717) is 21.8 Å². The van der Waals surface area contributed by atoms with Crippen molar-refractivity contribution in [2.75, 3.05) is 7.05 Å². The van der Waals surface area contributed by atoms with Crippen LogP contribution in [-0.2, 0) is 6.18 Å². The van der Waals surface area contributed by atoms with Gasteiger partial charge in [0.1, 0.15) is 5.82 Å². The van der Waals surface area contributed by atoms with Crippen LogP contribution in [0.1, 0.15) is 21.5 Å². The Labute approximate surface area is 121 Å². The van der Waals surface area contributed by atoms with Crippen molar-refractivity contribution in [2.45, 2.75) is 12.2 Å². The van der Waals surface area contributed by atoms with E-state index in [9.17, 15) is 17.6 Å². The second-order valence-electron chi connectivity index (χ2n) is 3.96. The Balaban J connectivity index is 2.37. The van der Waals surface area contributed by atoms with Gasteiger partial charge in [-0.05, 0) is 24.7 Å². The van der Waals surface area contributed by atoms with E-state index in [1.807, 2.05) is 0 Å². The molecule has 20 heavy (non-hydrogen) atoms. The first-order valence-corrected chi connectivity index (χ1v) is 6.67. The molecule has 0 fully saturated rings. The molecule has 1 aromatic carbocycles.